The predicted octanol–water partition coefficient (Wildman–Crippen LogP) is 4.57. The van der Waals surface area contributed by atoms with Crippen LogP contribution >= 0.6 is 0 Å². The molecule has 0 bridgehead atoms. The Bertz CT molecular complexity index is 871. The van der Waals surface area contributed by atoms with E-state index in [1.165, 1.54) is 39.0 Å². The summed E-state index contributed by atoms with van der Waals surface area (Å²) in [6, 6.07) is 0. The number of hydrogen-bond acceptors (Lipinski definition) is 2. The van der Waals surface area contributed by atoms with Gasteiger partial charge in [0.25, 0.3) is 0 Å². The Hall–Kier alpha value is -1.20. The van der Waals surface area contributed by atoms with Gasteiger partial charge < -0.3 is 0 Å². The number of fused-ring (bicyclic) bond motifs is 1. The Morgan fingerprint density at radius 1 is 1.10 bits per heavy atom. The van der Waals surface area contributed by atoms with Gasteiger partial charge in [-0.1, -0.05) is 0 Å². The summed E-state index contributed by atoms with van der Waals surface area (Å²) in [4.78, 5) is 12.4. The minimum atomic E-state index is -0.320. The maximum atomic E-state index is 11.5. The van der Waals surface area contributed by atoms with Crippen molar-refractivity contribution >= 4 is 28.5 Å². The molecule has 1 aromatic rings. The first-order valence-corrected chi connectivity index (χ1v) is 13.0. The Labute approximate surface area is 202 Å². The molecule has 170 valence electrons. The predicted molar refractivity (Wildman–Crippen MR) is 136 cm³/mol. The topological polar surface area (TPSA) is 38.3 Å². The molecule has 1 aromatic carbocycles. The van der Waals surface area contributed by atoms with E-state index in [2.05, 4.69) is 64.2 Å². The van der Waals surface area contributed by atoms with Crippen LogP contribution in [0.2, 0.25) is 0 Å². The fourth-order valence-corrected chi connectivity index (χ4v) is 6.61. The second-order valence-corrected chi connectivity index (χ2v) is 10.0. The van der Waals surface area contributed by atoms with E-state index in [-0.39, 0.29) is 36.0 Å². The quantitative estimate of drug-likeness (QED) is 0.306. The Kier molecular flexibility index (Phi) is 12.0. The first-order chi connectivity index (χ1) is 14.3. The number of rotatable bonds is 10. The largest absolute Gasteiger partial charge is 0.0149 e. The van der Waals surface area contributed by atoms with E-state index in [1.54, 1.807) is 5.56 Å². The molecule has 0 radical (unpaired) electrons. The molecule has 2 rings (SSSR count). The van der Waals surface area contributed by atoms with Gasteiger partial charge in [-0.15, -0.1) is 0 Å². The monoisotopic (exact) mass is 475 g/mol. The van der Waals surface area contributed by atoms with Crippen LogP contribution in [0.5, 0.6) is 0 Å². The van der Waals surface area contributed by atoms with Crippen LogP contribution in [0.1, 0.15) is 78.1 Å². The number of carbonyl (C=O) groups is 1. The molecule has 0 spiro atoms. The third kappa shape index (κ3) is 6.64. The molecule has 1 atom stereocenters. The summed E-state index contributed by atoms with van der Waals surface area (Å²) in [5, 5.41) is 2.92. The van der Waals surface area contributed by atoms with Crippen LogP contribution in [0, 0.1) is 20.8 Å². The molecule has 5 heteroatoms. The summed E-state index contributed by atoms with van der Waals surface area (Å²) < 4.78 is 6.45. The zero-order valence-corrected chi connectivity index (χ0v) is 21.3. The van der Waals surface area contributed by atoms with Crippen molar-refractivity contribution in [1.29, 1.82) is 0 Å². The molecule has 0 aliphatic heterocycles. The minimum absolute atomic E-state index is 0. The second-order valence-electron chi connectivity index (χ2n) is 8.06. The molecule has 31 heavy (non-hydrogen) atoms. The maximum absolute atomic E-state index is 11.5. The molecule has 0 saturated heterocycles. The molecule has 0 saturated carbocycles. The van der Waals surface area contributed by atoms with Gasteiger partial charge in [0.2, 0.25) is 0 Å². The van der Waals surface area contributed by atoms with Gasteiger partial charge in [0, 0.05) is 0 Å². The zero-order chi connectivity index (χ0) is 22.3. The van der Waals surface area contributed by atoms with Crippen molar-refractivity contribution in [2.24, 2.45) is 0 Å². The zero-order valence-electron chi connectivity index (χ0n) is 19.7. The summed E-state index contributed by atoms with van der Waals surface area (Å²) in [6.45, 7) is 16.7. The van der Waals surface area contributed by atoms with E-state index < -0.39 is 0 Å². The van der Waals surface area contributed by atoms with Gasteiger partial charge in [-0.2, -0.15) is 0 Å². The van der Waals surface area contributed by atoms with Crippen LogP contribution in [0.3, 0.4) is 0 Å². The van der Waals surface area contributed by atoms with Gasteiger partial charge in [0.15, 0.2) is 0 Å². The summed E-state index contributed by atoms with van der Waals surface area (Å²) in [6.07, 6.45) is 10.0. The minimum Gasteiger partial charge on any atom is -0.0149 e. The van der Waals surface area contributed by atoms with Crippen LogP contribution in [-0.4, -0.2) is 34.9 Å². The number of carbonyl (C=O) groups excluding carboxylic acids is 1. The van der Waals surface area contributed by atoms with E-state index in [0.717, 1.165) is 11.3 Å². The van der Waals surface area contributed by atoms with Crippen LogP contribution < -0.4 is 5.32 Å². The molecule has 0 heterocycles. The third-order valence-corrected chi connectivity index (χ3v) is 8.45. The van der Waals surface area contributed by atoms with Crippen molar-refractivity contribution in [3.8, 4) is 0 Å². The van der Waals surface area contributed by atoms with Crippen molar-refractivity contribution in [2.75, 3.05) is 18.1 Å². The normalized spacial score (nSPS) is 15.5. The number of nitrogens with one attached hydrogen (secondary N) is 1. The Balaban J connectivity index is 0.00000480. The van der Waals surface area contributed by atoms with E-state index in [0.29, 0.717) is 23.8 Å². The van der Waals surface area contributed by atoms with E-state index >= 15 is 0 Å². The van der Waals surface area contributed by atoms with Crippen molar-refractivity contribution in [3.63, 3.8) is 0 Å². The average molecular weight is 476 g/mol. The number of ether oxygens (including phenoxy) is 1. The van der Waals surface area contributed by atoms with Gasteiger partial charge >= 0.3 is 192 Å². The molecule has 0 fully saturated rings. The van der Waals surface area contributed by atoms with Gasteiger partial charge in [-0.05, 0) is 11.0 Å². The fourth-order valence-electron chi connectivity index (χ4n) is 4.24. The van der Waals surface area contributed by atoms with E-state index in [4.69, 9.17) is 4.74 Å². The number of hydrogen-bond donors (Lipinski definition) is 1. The summed E-state index contributed by atoms with van der Waals surface area (Å²) >= 11 is -0.320. The maximum Gasteiger partial charge on any atom is -0.0149 e. The van der Waals surface area contributed by atoms with Crippen LogP contribution in [0.25, 0.3) is 11.6 Å². The molecular formula is C26H41NO2SiTi. The van der Waals surface area contributed by atoms with Crippen LogP contribution in [0.15, 0.2) is 23.8 Å². The molecule has 1 aliphatic rings. The number of amides is 1. The number of allylic oxidation sites excluding steroid dienone is 5. The van der Waals surface area contributed by atoms with Crippen molar-refractivity contribution < 1.29 is 28.7 Å². The molecule has 1 N–H and O–H groups in total. The first-order valence-electron chi connectivity index (χ1n) is 11.0. The Morgan fingerprint density at radius 2 is 1.81 bits per heavy atom. The Morgan fingerprint density at radius 3 is 2.45 bits per heavy atom. The fraction of sp³-hybridized carbons (Fsp3) is 0.500. The molecule has 0 aromatic heterocycles. The first kappa shape index (κ1) is 27.8. The van der Waals surface area contributed by atoms with Gasteiger partial charge in [0.05, 0.1) is 0 Å². The summed E-state index contributed by atoms with van der Waals surface area (Å²) in [7, 11) is 0. The molecule has 1 unspecified atom stereocenters. The standard InChI is InChI=1S/C19H23.C7H14NO2.H4Si.Ti/c1-7-8-9-10-17-14(4)15(5)18-11-12(2)13(3)19(18)16(17)6;1-3-4-7(9)8-5-6-10-2;;/h7-11H,1-6H3;2-6H2,1H3,(H,8,9);1H4;. The van der Waals surface area contributed by atoms with Crippen molar-refractivity contribution in [3.05, 3.63) is 57.2 Å². The molecule has 1 amide bonds. The summed E-state index contributed by atoms with van der Waals surface area (Å²) in [5.74, 6) is 0.122. The van der Waals surface area contributed by atoms with Gasteiger partial charge in [-0.3, -0.25) is 0 Å². The molecule has 3 nitrogen and oxygen atoms in total. The molecule has 1 aliphatic carbocycles. The van der Waals surface area contributed by atoms with Gasteiger partial charge in [0.1, 0.15) is 0 Å². The molecular weight excluding hydrogens is 434 g/mol. The van der Waals surface area contributed by atoms with Crippen LogP contribution in [0.4, 0.5) is 0 Å². The van der Waals surface area contributed by atoms with E-state index in [1.807, 2.05) is 13.8 Å². The van der Waals surface area contributed by atoms with Gasteiger partial charge in [-0.25, -0.2) is 0 Å². The van der Waals surface area contributed by atoms with Crippen molar-refractivity contribution in [1.82, 2.24) is 5.32 Å². The average Bonchev–Trinajstić information content (AvgIpc) is 2.97. The third-order valence-electron chi connectivity index (χ3n) is 6.11. The smallest absolute Gasteiger partial charge is 0.0149 e. The summed E-state index contributed by atoms with van der Waals surface area (Å²) in [5.41, 5.74) is 11.6. The SMILES string of the molecule is CC=CC=Cc1c(C)c(C)c2c(c1C)C(C)=C(C)[CH]2[Ti][CH2]OCCNC(=O)CCC.[SiH4]. The van der Waals surface area contributed by atoms with Crippen LogP contribution in [-0.2, 0) is 28.7 Å². The van der Waals surface area contributed by atoms with E-state index in [9.17, 15) is 4.79 Å². The second kappa shape index (κ2) is 13.4. The van der Waals surface area contributed by atoms with Crippen molar-refractivity contribution in [2.45, 2.75) is 65.5 Å². The number of benzene rings is 1.